The molecule has 0 spiro atoms. The highest BCUT2D eigenvalue weighted by Gasteiger charge is 2.09. The first-order chi connectivity index (χ1) is 7.43. The van der Waals surface area contributed by atoms with Crippen molar-refractivity contribution in [2.75, 3.05) is 24.2 Å². The number of anilines is 2. The molecule has 0 amide bonds. The Morgan fingerprint density at radius 3 is 2.56 bits per heavy atom. The quantitative estimate of drug-likeness (QED) is 0.420. The van der Waals surface area contributed by atoms with E-state index in [-0.39, 0.29) is 11.5 Å². The minimum absolute atomic E-state index is 0.0287. The van der Waals surface area contributed by atoms with E-state index in [0.29, 0.717) is 24.3 Å². The first-order valence-electron chi connectivity index (χ1n) is 4.71. The number of nitrogen functional groups attached to an aromatic ring is 1. The second-order valence-corrected chi connectivity index (χ2v) is 4.90. The van der Waals surface area contributed by atoms with E-state index in [1.807, 2.05) is 0 Å². The zero-order chi connectivity index (χ0) is 12.2. The molecule has 16 heavy (non-hydrogen) atoms. The van der Waals surface area contributed by atoms with Crippen LogP contribution in [-0.4, -0.2) is 26.7 Å². The molecule has 0 radical (unpaired) electrons. The molecule has 0 atom stereocenters. The second kappa shape index (κ2) is 5.15. The van der Waals surface area contributed by atoms with E-state index in [1.165, 1.54) is 12.1 Å². The fourth-order valence-corrected chi connectivity index (χ4v) is 1.79. The molecule has 0 aliphatic rings. The van der Waals surface area contributed by atoms with Crippen LogP contribution in [-0.2, 0) is 10.0 Å². The van der Waals surface area contributed by atoms with Crippen LogP contribution in [0.4, 0.5) is 11.4 Å². The number of nitrogens with two attached hydrogens (primary N) is 2. The highest BCUT2D eigenvalue weighted by molar-refractivity contribution is 7.89. The predicted molar refractivity (Wildman–Crippen MR) is 62.4 cm³/mol. The highest BCUT2D eigenvalue weighted by atomic mass is 32.2. The van der Waals surface area contributed by atoms with Gasteiger partial charge in [0.15, 0.2) is 0 Å². The van der Waals surface area contributed by atoms with Gasteiger partial charge in [-0.05, 0) is 24.6 Å². The summed E-state index contributed by atoms with van der Waals surface area (Å²) >= 11 is 0. The molecule has 0 aliphatic heterocycles. The largest absolute Gasteiger partial charge is 0.399 e. The zero-order valence-electron chi connectivity index (χ0n) is 8.68. The Bertz CT molecular complexity index is 459. The van der Waals surface area contributed by atoms with Crippen molar-refractivity contribution in [3.05, 3.63) is 18.2 Å². The smallest absolute Gasteiger partial charge is 0.238 e. The molecule has 0 saturated heterocycles. The number of nitrogens with one attached hydrogen (secondary N) is 1. The van der Waals surface area contributed by atoms with Gasteiger partial charge < -0.3 is 16.2 Å². The van der Waals surface area contributed by atoms with Gasteiger partial charge in [-0.15, -0.1) is 0 Å². The number of aliphatic hydroxyl groups is 1. The first-order valence-corrected chi connectivity index (χ1v) is 6.26. The SMILES string of the molecule is Nc1cc(NCCCO)cc(S(N)(=O)=O)c1. The molecule has 0 heterocycles. The summed E-state index contributed by atoms with van der Waals surface area (Å²) in [5.74, 6) is 0. The topological polar surface area (TPSA) is 118 Å². The number of rotatable bonds is 5. The number of benzene rings is 1. The number of aliphatic hydroxyl groups excluding tert-OH is 1. The summed E-state index contributed by atoms with van der Waals surface area (Å²) in [6.45, 7) is 0.599. The van der Waals surface area contributed by atoms with Crippen LogP contribution >= 0.6 is 0 Å². The molecule has 0 aromatic heterocycles. The predicted octanol–water partition coefficient (Wildman–Crippen LogP) is -0.289. The van der Waals surface area contributed by atoms with Crippen LogP contribution in [0.5, 0.6) is 0 Å². The Balaban J connectivity index is 2.91. The molecule has 1 rings (SSSR count). The summed E-state index contributed by atoms with van der Waals surface area (Å²) in [4.78, 5) is -0.0287. The van der Waals surface area contributed by atoms with Gasteiger partial charge in [0, 0.05) is 24.5 Å². The molecule has 1 aromatic carbocycles. The Kier molecular flexibility index (Phi) is 4.11. The Hall–Kier alpha value is -1.31. The molecule has 0 saturated carbocycles. The molecule has 0 unspecified atom stereocenters. The van der Waals surface area contributed by atoms with Crippen LogP contribution in [0.15, 0.2) is 23.1 Å². The summed E-state index contributed by atoms with van der Waals surface area (Å²) in [6.07, 6.45) is 0.569. The number of sulfonamides is 1. The van der Waals surface area contributed by atoms with E-state index in [0.717, 1.165) is 0 Å². The molecule has 1 aromatic rings. The van der Waals surface area contributed by atoms with Gasteiger partial charge in [-0.1, -0.05) is 0 Å². The highest BCUT2D eigenvalue weighted by Crippen LogP contribution is 2.19. The van der Waals surface area contributed by atoms with Crippen molar-refractivity contribution in [1.82, 2.24) is 0 Å². The van der Waals surface area contributed by atoms with Crippen molar-refractivity contribution in [3.63, 3.8) is 0 Å². The summed E-state index contributed by atoms with van der Waals surface area (Å²) in [5.41, 5.74) is 6.44. The third kappa shape index (κ3) is 3.69. The van der Waals surface area contributed by atoms with Crippen molar-refractivity contribution in [3.8, 4) is 0 Å². The average Bonchev–Trinajstić information content (AvgIpc) is 2.16. The van der Waals surface area contributed by atoms with E-state index < -0.39 is 10.0 Å². The standard InChI is InChI=1S/C9H15N3O3S/c10-7-4-8(12-2-1-3-13)6-9(5-7)16(11,14)15/h4-6,12-13H,1-3,10H2,(H2,11,14,15). The molecular formula is C9H15N3O3S. The van der Waals surface area contributed by atoms with E-state index in [9.17, 15) is 8.42 Å². The summed E-state index contributed by atoms with van der Waals surface area (Å²) in [7, 11) is -3.75. The van der Waals surface area contributed by atoms with Crippen molar-refractivity contribution in [2.24, 2.45) is 5.14 Å². The normalized spacial score (nSPS) is 11.4. The van der Waals surface area contributed by atoms with Crippen LogP contribution in [0, 0.1) is 0 Å². The fraction of sp³-hybridized carbons (Fsp3) is 0.333. The van der Waals surface area contributed by atoms with Crippen LogP contribution in [0.3, 0.4) is 0 Å². The lowest BCUT2D eigenvalue weighted by molar-refractivity contribution is 0.292. The molecule has 90 valence electrons. The van der Waals surface area contributed by atoms with Gasteiger partial charge in [0.2, 0.25) is 10.0 Å². The van der Waals surface area contributed by atoms with Crippen LogP contribution < -0.4 is 16.2 Å². The lowest BCUT2D eigenvalue weighted by atomic mass is 10.3. The fourth-order valence-electron chi connectivity index (χ4n) is 1.20. The maximum absolute atomic E-state index is 11.1. The average molecular weight is 245 g/mol. The lowest BCUT2D eigenvalue weighted by Crippen LogP contribution is -2.13. The molecule has 0 aliphatic carbocycles. The number of hydrogen-bond donors (Lipinski definition) is 4. The van der Waals surface area contributed by atoms with Gasteiger partial charge in [0.1, 0.15) is 0 Å². The Morgan fingerprint density at radius 2 is 2.00 bits per heavy atom. The van der Waals surface area contributed by atoms with Crippen LogP contribution in [0.1, 0.15) is 6.42 Å². The number of hydrogen-bond acceptors (Lipinski definition) is 5. The minimum atomic E-state index is -3.75. The summed E-state index contributed by atoms with van der Waals surface area (Å²) in [5, 5.41) is 16.5. The maximum atomic E-state index is 11.1. The molecule has 0 fully saturated rings. The monoisotopic (exact) mass is 245 g/mol. The molecule has 6 N–H and O–H groups in total. The van der Waals surface area contributed by atoms with Gasteiger partial charge >= 0.3 is 0 Å². The van der Waals surface area contributed by atoms with Crippen LogP contribution in [0.2, 0.25) is 0 Å². The summed E-state index contributed by atoms with van der Waals surface area (Å²) in [6, 6.07) is 4.31. The van der Waals surface area contributed by atoms with Gasteiger partial charge in [0.25, 0.3) is 0 Å². The molecule has 7 heteroatoms. The van der Waals surface area contributed by atoms with E-state index in [2.05, 4.69) is 5.32 Å². The lowest BCUT2D eigenvalue weighted by Gasteiger charge is -2.08. The van der Waals surface area contributed by atoms with Crippen molar-refractivity contribution >= 4 is 21.4 Å². The molecule has 6 nitrogen and oxygen atoms in total. The third-order valence-electron chi connectivity index (χ3n) is 1.92. The van der Waals surface area contributed by atoms with Gasteiger partial charge in [-0.3, -0.25) is 0 Å². The number of primary sulfonamides is 1. The second-order valence-electron chi connectivity index (χ2n) is 3.34. The van der Waals surface area contributed by atoms with Gasteiger partial charge in [-0.2, -0.15) is 0 Å². The molecule has 0 bridgehead atoms. The maximum Gasteiger partial charge on any atom is 0.238 e. The first kappa shape index (κ1) is 12.8. The molecular weight excluding hydrogens is 230 g/mol. The van der Waals surface area contributed by atoms with E-state index in [4.69, 9.17) is 16.0 Å². The zero-order valence-corrected chi connectivity index (χ0v) is 9.50. The van der Waals surface area contributed by atoms with Crippen molar-refractivity contribution in [2.45, 2.75) is 11.3 Å². The van der Waals surface area contributed by atoms with Crippen molar-refractivity contribution in [1.29, 1.82) is 0 Å². The third-order valence-corrected chi connectivity index (χ3v) is 2.81. The van der Waals surface area contributed by atoms with E-state index in [1.54, 1.807) is 6.07 Å². The van der Waals surface area contributed by atoms with Gasteiger partial charge in [-0.25, -0.2) is 13.6 Å². The summed E-state index contributed by atoms with van der Waals surface area (Å²) < 4.78 is 22.2. The van der Waals surface area contributed by atoms with Crippen LogP contribution in [0.25, 0.3) is 0 Å². The van der Waals surface area contributed by atoms with Crippen molar-refractivity contribution < 1.29 is 13.5 Å². The minimum Gasteiger partial charge on any atom is -0.399 e. The van der Waals surface area contributed by atoms with Gasteiger partial charge in [0.05, 0.1) is 4.90 Å². The Morgan fingerprint density at radius 1 is 1.31 bits per heavy atom. The van der Waals surface area contributed by atoms with E-state index >= 15 is 0 Å². The Labute approximate surface area is 94.3 Å².